The van der Waals surface area contributed by atoms with E-state index in [2.05, 4.69) is 5.32 Å². The second-order valence-corrected chi connectivity index (χ2v) is 5.07. The Kier molecular flexibility index (Phi) is 3.92. The van der Waals surface area contributed by atoms with Gasteiger partial charge >= 0.3 is 0 Å². The van der Waals surface area contributed by atoms with Gasteiger partial charge in [0, 0.05) is 5.69 Å². The lowest BCUT2D eigenvalue weighted by Gasteiger charge is -2.23. The van der Waals surface area contributed by atoms with Gasteiger partial charge in [0.15, 0.2) is 0 Å². The van der Waals surface area contributed by atoms with Crippen molar-refractivity contribution in [2.75, 3.05) is 23.4 Å². The van der Waals surface area contributed by atoms with Crippen LogP contribution in [0.4, 0.5) is 5.69 Å². The lowest BCUT2D eigenvalue weighted by atomic mass is 9.99. The smallest absolute Gasteiger partial charge is 0.0635 e. The van der Waals surface area contributed by atoms with Gasteiger partial charge < -0.3 is 10.4 Å². The van der Waals surface area contributed by atoms with E-state index in [0.29, 0.717) is 5.92 Å². The molecule has 1 aliphatic heterocycles. The minimum Gasteiger partial charge on any atom is -0.394 e. The third kappa shape index (κ3) is 2.89. The Morgan fingerprint density at radius 2 is 2.20 bits per heavy atom. The van der Waals surface area contributed by atoms with Crippen LogP contribution in [0.1, 0.15) is 6.42 Å². The molecule has 1 fully saturated rings. The van der Waals surface area contributed by atoms with Gasteiger partial charge in [-0.3, -0.25) is 0 Å². The van der Waals surface area contributed by atoms with Crippen LogP contribution in [-0.2, 0) is 0 Å². The van der Waals surface area contributed by atoms with Gasteiger partial charge in [0.1, 0.15) is 0 Å². The van der Waals surface area contributed by atoms with Gasteiger partial charge in [0.05, 0.1) is 12.6 Å². The Morgan fingerprint density at radius 3 is 2.80 bits per heavy atom. The van der Waals surface area contributed by atoms with Crippen molar-refractivity contribution < 1.29 is 5.11 Å². The number of rotatable bonds is 4. The average Bonchev–Trinajstić information content (AvgIpc) is 2.81. The summed E-state index contributed by atoms with van der Waals surface area (Å²) in [7, 11) is 0. The molecule has 2 N–H and O–H groups in total. The molecule has 1 saturated heterocycles. The molecule has 0 radical (unpaired) electrons. The summed E-state index contributed by atoms with van der Waals surface area (Å²) in [6.45, 7) is 0.222. The Bertz CT molecular complexity index is 285. The van der Waals surface area contributed by atoms with Crippen LogP contribution in [0.3, 0.4) is 0 Å². The molecule has 2 unspecified atom stereocenters. The molecule has 82 valence electrons. The number of benzene rings is 1. The molecule has 1 aliphatic rings. The highest BCUT2D eigenvalue weighted by Gasteiger charge is 2.24. The van der Waals surface area contributed by atoms with Crippen LogP contribution in [0.15, 0.2) is 30.3 Å². The minimum atomic E-state index is 0.211. The van der Waals surface area contributed by atoms with Gasteiger partial charge in [-0.1, -0.05) is 18.2 Å². The van der Waals surface area contributed by atoms with E-state index in [9.17, 15) is 5.11 Å². The third-order valence-corrected chi connectivity index (χ3v) is 4.04. The fourth-order valence-electron chi connectivity index (χ4n) is 1.93. The van der Waals surface area contributed by atoms with Crippen molar-refractivity contribution in [3.8, 4) is 0 Å². The normalized spacial score (nSPS) is 22.6. The number of anilines is 1. The molecule has 2 nitrogen and oxygen atoms in total. The number of aliphatic hydroxyl groups excluding tert-OH is 1. The highest BCUT2D eigenvalue weighted by molar-refractivity contribution is 7.99. The minimum absolute atomic E-state index is 0.211. The number of thioether (sulfide) groups is 1. The van der Waals surface area contributed by atoms with Gasteiger partial charge in [-0.15, -0.1) is 0 Å². The Hall–Kier alpha value is -0.670. The summed E-state index contributed by atoms with van der Waals surface area (Å²) in [5, 5.41) is 12.8. The maximum absolute atomic E-state index is 9.38. The topological polar surface area (TPSA) is 32.3 Å². The van der Waals surface area contributed by atoms with Crippen LogP contribution >= 0.6 is 11.8 Å². The maximum Gasteiger partial charge on any atom is 0.0635 e. The molecule has 0 amide bonds. The largest absolute Gasteiger partial charge is 0.394 e. The van der Waals surface area contributed by atoms with Crippen molar-refractivity contribution >= 4 is 17.4 Å². The van der Waals surface area contributed by atoms with Gasteiger partial charge in [-0.2, -0.15) is 11.8 Å². The molecule has 15 heavy (non-hydrogen) atoms. The van der Waals surface area contributed by atoms with Crippen molar-refractivity contribution in [2.45, 2.75) is 12.5 Å². The van der Waals surface area contributed by atoms with E-state index >= 15 is 0 Å². The third-order valence-electron chi connectivity index (χ3n) is 2.86. The van der Waals surface area contributed by atoms with Gasteiger partial charge in [-0.25, -0.2) is 0 Å². The van der Waals surface area contributed by atoms with E-state index in [-0.39, 0.29) is 12.6 Å². The zero-order chi connectivity index (χ0) is 10.5. The Balaban J connectivity index is 1.96. The number of para-hydroxylation sites is 1. The monoisotopic (exact) mass is 223 g/mol. The van der Waals surface area contributed by atoms with Gasteiger partial charge in [-0.05, 0) is 36.0 Å². The lowest BCUT2D eigenvalue weighted by Crippen LogP contribution is -2.32. The fourth-order valence-corrected chi connectivity index (χ4v) is 3.27. The first-order valence-electron chi connectivity index (χ1n) is 5.40. The summed E-state index contributed by atoms with van der Waals surface area (Å²) in [5.41, 5.74) is 1.11. The lowest BCUT2D eigenvalue weighted by molar-refractivity contribution is 0.245. The van der Waals surface area contributed by atoms with E-state index in [1.165, 1.54) is 17.9 Å². The van der Waals surface area contributed by atoms with E-state index in [0.717, 1.165) is 5.69 Å². The van der Waals surface area contributed by atoms with Crippen LogP contribution in [0.5, 0.6) is 0 Å². The van der Waals surface area contributed by atoms with E-state index in [1.807, 2.05) is 42.1 Å². The number of aliphatic hydroxyl groups is 1. The zero-order valence-electron chi connectivity index (χ0n) is 8.73. The molecule has 1 aromatic carbocycles. The molecule has 3 heteroatoms. The van der Waals surface area contributed by atoms with E-state index in [1.54, 1.807) is 0 Å². The Morgan fingerprint density at radius 1 is 1.40 bits per heavy atom. The van der Waals surface area contributed by atoms with Crippen LogP contribution < -0.4 is 5.32 Å². The Labute approximate surface area is 95.1 Å². The highest BCUT2D eigenvalue weighted by Crippen LogP contribution is 2.27. The quantitative estimate of drug-likeness (QED) is 0.821. The first kappa shape index (κ1) is 10.8. The molecular weight excluding hydrogens is 206 g/mol. The number of nitrogens with one attached hydrogen (secondary N) is 1. The molecule has 2 rings (SSSR count). The summed E-state index contributed by atoms with van der Waals surface area (Å²) in [4.78, 5) is 0. The maximum atomic E-state index is 9.38. The van der Waals surface area contributed by atoms with Crippen LogP contribution in [0.2, 0.25) is 0 Å². The highest BCUT2D eigenvalue weighted by atomic mass is 32.2. The average molecular weight is 223 g/mol. The van der Waals surface area contributed by atoms with E-state index < -0.39 is 0 Å². The van der Waals surface area contributed by atoms with Crippen LogP contribution in [-0.4, -0.2) is 29.3 Å². The first-order valence-corrected chi connectivity index (χ1v) is 6.56. The molecule has 1 aromatic rings. The predicted octanol–water partition coefficient (Wildman–Crippen LogP) is 2.21. The van der Waals surface area contributed by atoms with Crippen molar-refractivity contribution in [3.05, 3.63) is 30.3 Å². The summed E-state index contributed by atoms with van der Waals surface area (Å²) >= 11 is 1.99. The van der Waals surface area contributed by atoms with Gasteiger partial charge in [0.25, 0.3) is 0 Å². The summed E-state index contributed by atoms with van der Waals surface area (Å²) < 4.78 is 0. The fraction of sp³-hybridized carbons (Fsp3) is 0.500. The van der Waals surface area contributed by atoms with Crippen molar-refractivity contribution in [1.82, 2.24) is 0 Å². The second-order valence-electron chi connectivity index (χ2n) is 3.92. The van der Waals surface area contributed by atoms with Gasteiger partial charge in [0.2, 0.25) is 0 Å². The summed E-state index contributed by atoms with van der Waals surface area (Å²) in [6.07, 6.45) is 1.22. The van der Waals surface area contributed by atoms with Crippen molar-refractivity contribution in [3.63, 3.8) is 0 Å². The molecule has 0 aromatic heterocycles. The zero-order valence-corrected chi connectivity index (χ0v) is 9.54. The summed E-state index contributed by atoms with van der Waals surface area (Å²) in [6, 6.07) is 10.3. The molecule has 0 spiro atoms. The summed E-state index contributed by atoms with van der Waals surface area (Å²) in [5.74, 6) is 3.02. The van der Waals surface area contributed by atoms with Crippen molar-refractivity contribution in [2.24, 2.45) is 5.92 Å². The standard InChI is InChI=1S/C12H17NOS/c14-8-12(10-6-7-15-9-10)13-11-4-2-1-3-5-11/h1-5,10,12-14H,6-9H2. The predicted molar refractivity (Wildman–Crippen MR) is 66.4 cm³/mol. The SMILES string of the molecule is OCC(Nc1ccccc1)C1CCSC1. The van der Waals surface area contributed by atoms with Crippen LogP contribution in [0.25, 0.3) is 0 Å². The first-order chi connectivity index (χ1) is 7.40. The molecule has 1 heterocycles. The number of hydrogen-bond donors (Lipinski definition) is 2. The molecule has 0 aliphatic carbocycles. The molecule has 0 saturated carbocycles. The van der Waals surface area contributed by atoms with Crippen molar-refractivity contribution in [1.29, 1.82) is 0 Å². The molecular formula is C12H17NOS. The van der Waals surface area contributed by atoms with E-state index in [4.69, 9.17) is 0 Å². The molecule has 2 atom stereocenters. The second kappa shape index (κ2) is 5.42. The van der Waals surface area contributed by atoms with Crippen LogP contribution in [0, 0.1) is 5.92 Å². The number of hydrogen-bond acceptors (Lipinski definition) is 3. The molecule has 0 bridgehead atoms.